The van der Waals surface area contributed by atoms with Gasteiger partial charge in [0.05, 0.1) is 17.5 Å². The quantitative estimate of drug-likeness (QED) is 0.844. The highest BCUT2D eigenvalue weighted by atomic mass is 32.2. The second kappa shape index (κ2) is 6.04. The summed E-state index contributed by atoms with van der Waals surface area (Å²) in [7, 11) is -3.01. The molecule has 0 bridgehead atoms. The summed E-state index contributed by atoms with van der Waals surface area (Å²) >= 11 is 1.42. The Morgan fingerprint density at radius 3 is 2.73 bits per heavy atom. The van der Waals surface area contributed by atoms with E-state index in [2.05, 4.69) is 4.99 Å². The van der Waals surface area contributed by atoms with Crippen LogP contribution in [0.4, 0.5) is 5.69 Å². The zero-order chi connectivity index (χ0) is 15.7. The molecule has 1 amide bonds. The van der Waals surface area contributed by atoms with Crippen LogP contribution in [-0.4, -0.2) is 42.3 Å². The van der Waals surface area contributed by atoms with Gasteiger partial charge >= 0.3 is 0 Å². The lowest BCUT2D eigenvalue weighted by Crippen LogP contribution is -2.37. The highest BCUT2D eigenvalue weighted by Crippen LogP contribution is 2.40. The predicted octanol–water partition coefficient (Wildman–Crippen LogP) is 2.09. The van der Waals surface area contributed by atoms with Crippen molar-refractivity contribution in [3.8, 4) is 0 Å². The molecule has 1 aromatic rings. The van der Waals surface area contributed by atoms with Gasteiger partial charge in [0.25, 0.3) is 0 Å². The first kappa shape index (κ1) is 15.6. The second-order valence-corrected chi connectivity index (χ2v) is 8.90. The minimum Gasteiger partial charge on any atom is -0.316 e. The number of anilines is 1. The number of carbonyl (C=O) groups excluding carboxylic acids is 1. The molecule has 118 valence electrons. The maximum absolute atomic E-state index is 11.9. The molecule has 1 aromatic carbocycles. The lowest BCUT2D eigenvalue weighted by atomic mass is 10.2. The van der Waals surface area contributed by atoms with Gasteiger partial charge in [-0.3, -0.25) is 4.79 Å². The third kappa shape index (κ3) is 3.05. The average molecular weight is 338 g/mol. The van der Waals surface area contributed by atoms with Crippen LogP contribution in [0.3, 0.4) is 0 Å². The first-order valence-electron chi connectivity index (χ1n) is 7.33. The minimum absolute atomic E-state index is 0.0432. The molecule has 0 aromatic heterocycles. The SMILES string of the molecule is CCCC(=O)N=C1S[C@H]2CS(=O)(=O)C[C@H]2N1c1ccccc1. The minimum atomic E-state index is -3.01. The second-order valence-electron chi connectivity index (χ2n) is 5.54. The van der Waals surface area contributed by atoms with Crippen molar-refractivity contribution >= 4 is 38.4 Å². The molecule has 2 aliphatic rings. The fourth-order valence-corrected chi connectivity index (χ4v) is 6.76. The van der Waals surface area contributed by atoms with E-state index >= 15 is 0 Å². The zero-order valence-electron chi connectivity index (χ0n) is 12.3. The number of amidine groups is 1. The summed E-state index contributed by atoms with van der Waals surface area (Å²) in [5.41, 5.74) is 0.891. The maximum Gasteiger partial charge on any atom is 0.248 e. The standard InChI is InChI=1S/C15H18N2O3S2/c1-2-6-14(18)16-15-17(11-7-4-3-5-8-11)12-9-22(19,20)10-13(12)21-15/h3-5,7-8,12-13H,2,6,9-10H2,1H3/t12-,13+/m1/s1. The van der Waals surface area contributed by atoms with Crippen molar-refractivity contribution in [3.05, 3.63) is 30.3 Å². The Balaban J connectivity index is 1.96. The Morgan fingerprint density at radius 1 is 1.32 bits per heavy atom. The summed E-state index contributed by atoms with van der Waals surface area (Å²) in [5, 5.41) is 0.591. The Labute approximate surface area is 134 Å². The Morgan fingerprint density at radius 2 is 2.05 bits per heavy atom. The van der Waals surface area contributed by atoms with Gasteiger partial charge in [0.15, 0.2) is 15.0 Å². The van der Waals surface area contributed by atoms with Gasteiger partial charge in [-0.05, 0) is 18.6 Å². The fourth-order valence-electron chi connectivity index (χ4n) is 2.83. The molecule has 5 nitrogen and oxygen atoms in total. The molecule has 0 saturated carbocycles. The van der Waals surface area contributed by atoms with Crippen LogP contribution in [0, 0.1) is 0 Å². The average Bonchev–Trinajstić information content (AvgIpc) is 2.91. The van der Waals surface area contributed by atoms with E-state index in [9.17, 15) is 13.2 Å². The number of hydrogen-bond acceptors (Lipinski definition) is 4. The Kier molecular flexibility index (Phi) is 4.27. The largest absolute Gasteiger partial charge is 0.316 e. The number of carbonyl (C=O) groups is 1. The van der Waals surface area contributed by atoms with Gasteiger partial charge in [0.1, 0.15) is 0 Å². The molecule has 0 N–H and O–H groups in total. The lowest BCUT2D eigenvalue weighted by molar-refractivity contribution is -0.117. The van der Waals surface area contributed by atoms with Crippen LogP contribution >= 0.6 is 11.8 Å². The van der Waals surface area contributed by atoms with E-state index in [4.69, 9.17) is 0 Å². The maximum atomic E-state index is 11.9. The molecule has 22 heavy (non-hydrogen) atoms. The summed E-state index contributed by atoms with van der Waals surface area (Å²) in [6.07, 6.45) is 1.17. The van der Waals surface area contributed by atoms with E-state index in [1.165, 1.54) is 11.8 Å². The van der Waals surface area contributed by atoms with E-state index in [0.717, 1.165) is 12.1 Å². The van der Waals surface area contributed by atoms with E-state index in [0.29, 0.717) is 11.6 Å². The summed E-state index contributed by atoms with van der Waals surface area (Å²) in [4.78, 5) is 18.0. The zero-order valence-corrected chi connectivity index (χ0v) is 13.9. The van der Waals surface area contributed by atoms with Crippen molar-refractivity contribution < 1.29 is 13.2 Å². The van der Waals surface area contributed by atoms with Gasteiger partial charge in [-0.1, -0.05) is 36.9 Å². The van der Waals surface area contributed by atoms with Crippen LogP contribution in [-0.2, 0) is 14.6 Å². The van der Waals surface area contributed by atoms with Crippen molar-refractivity contribution in [1.29, 1.82) is 0 Å². The molecule has 3 rings (SSSR count). The third-order valence-corrected chi connectivity index (χ3v) is 6.99. The molecule has 2 atom stereocenters. The van der Waals surface area contributed by atoms with Crippen LogP contribution in [0.25, 0.3) is 0 Å². The van der Waals surface area contributed by atoms with Gasteiger partial charge in [0, 0.05) is 17.4 Å². The van der Waals surface area contributed by atoms with Crippen LogP contribution in [0.5, 0.6) is 0 Å². The predicted molar refractivity (Wildman–Crippen MR) is 90.1 cm³/mol. The first-order chi connectivity index (χ1) is 10.5. The summed E-state index contributed by atoms with van der Waals surface area (Å²) in [6.45, 7) is 1.94. The highest BCUT2D eigenvalue weighted by molar-refractivity contribution is 8.16. The monoisotopic (exact) mass is 338 g/mol. The summed E-state index contributed by atoms with van der Waals surface area (Å²) < 4.78 is 23.8. The fraction of sp³-hybridized carbons (Fsp3) is 0.467. The number of rotatable bonds is 3. The van der Waals surface area contributed by atoms with Crippen LogP contribution in [0.2, 0.25) is 0 Å². The van der Waals surface area contributed by atoms with Crippen molar-refractivity contribution in [3.63, 3.8) is 0 Å². The number of benzene rings is 1. The van der Waals surface area contributed by atoms with Crippen LogP contribution in [0.1, 0.15) is 19.8 Å². The Hall–Kier alpha value is -1.34. The van der Waals surface area contributed by atoms with Gasteiger partial charge in [0.2, 0.25) is 5.91 Å². The molecule has 0 radical (unpaired) electrons. The summed E-state index contributed by atoms with van der Waals surface area (Å²) in [6, 6.07) is 9.44. The lowest BCUT2D eigenvalue weighted by Gasteiger charge is -2.24. The van der Waals surface area contributed by atoms with E-state index in [-0.39, 0.29) is 28.7 Å². The van der Waals surface area contributed by atoms with Gasteiger partial charge in [-0.2, -0.15) is 4.99 Å². The number of hydrogen-bond donors (Lipinski definition) is 0. The number of amides is 1. The van der Waals surface area contributed by atoms with Crippen molar-refractivity contribution in [2.24, 2.45) is 4.99 Å². The molecule has 2 saturated heterocycles. The molecule has 2 fully saturated rings. The van der Waals surface area contributed by atoms with E-state index < -0.39 is 9.84 Å². The van der Waals surface area contributed by atoms with Gasteiger partial charge in [-0.25, -0.2) is 8.42 Å². The number of nitrogens with zero attached hydrogens (tertiary/aromatic N) is 2. The molecular formula is C15H18N2O3S2. The molecule has 2 aliphatic heterocycles. The van der Waals surface area contributed by atoms with Gasteiger partial charge < -0.3 is 4.90 Å². The number of fused-ring (bicyclic) bond motifs is 1. The normalized spacial score (nSPS) is 28.0. The van der Waals surface area contributed by atoms with Crippen molar-refractivity contribution in [2.75, 3.05) is 16.4 Å². The highest BCUT2D eigenvalue weighted by Gasteiger charge is 2.49. The molecule has 0 aliphatic carbocycles. The van der Waals surface area contributed by atoms with E-state index in [1.807, 2.05) is 42.2 Å². The number of aliphatic imine (C=N–C) groups is 1. The van der Waals surface area contributed by atoms with Crippen molar-refractivity contribution in [1.82, 2.24) is 0 Å². The van der Waals surface area contributed by atoms with Gasteiger partial charge in [-0.15, -0.1) is 0 Å². The molecule has 7 heteroatoms. The molecule has 2 heterocycles. The Bertz CT molecular complexity index is 701. The topological polar surface area (TPSA) is 66.8 Å². The van der Waals surface area contributed by atoms with E-state index in [1.54, 1.807) is 0 Å². The molecule has 0 unspecified atom stereocenters. The molecular weight excluding hydrogens is 320 g/mol. The molecule has 0 spiro atoms. The number of sulfone groups is 1. The van der Waals surface area contributed by atoms with Crippen LogP contribution < -0.4 is 4.90 Å². The number of para-hydroxylation sites is 1. The van der Waals surface area contributed by atoms with Crippen LogP contribution in [0.15, 0.2) is 35.3 Å². The first-order valence-corrected chi connectivity index (χ1v) is 10.0. The summed E-state index contributed by atoms with van der Waals surface area (Å²) in [5.74, 6) is 0.140. The van der Waals surface area contributed by atoms with Crippen molar-refractivity contribution in [2.45, 2.75) is 31.1 Å². The third-order valence-electron chi connectivity index (χ3n) is 3.79. The smallest absolute Gasteiger partial charge is 0.248 e. The number of thioether (sulfide) groups is 1.